The van der Waals surface area contributed by atoms with Crippen LogP contribution in [0.3, 0.4) is 0 Å². The maximum Gasteiger partial charge on any atom is 0.101 e. The Morgan fingerprint density at radius 3 is 2.85 bits per heavy atom. The fourth-order valence-corrected chi connectivity index (χ4v) is 4.59. The Labute approximate surface area is 156 Å². The zero-order valence-electron chi connectivity index (χ0n) is 16.1. The van der Waals surface area contributed by atoms with Gasteiger partial charge < -0.3 is 5.32 Å². The van der Waals surface area contributed by atoms with Gasteiger partial charge in [0, 0.05) is 36.2 Å². The molecule has 2 atom stereocenters. The average molecular weight is 352 g/mol. The second-order valence-corrected chi connectivity index (χ2v) is 8.15. The van der Waals surface area contributed by atoms with Crippen molar-refractivity contribution in [1.29, 1.82) is 0 Å². The predicted octanol–water partition coefficient (Wildman–Crippen LogP) is 4.96. The third-order valence-electron chi connectivity index (χ3n) is 6.16. The van der Waals surface area contributed by atoms with Crippen molar-refractivity contribution in [2.75, 3.05) is 19.6 Å². The van der Waals surface area contributed by atoms with Gasteiger partial charge in [-0.25, -0.2) is 4.39 Å². The summed E-state index contributed by atoms with van der Waals surface area (Å²) in [6.07, 6.45) is 15.6. The molecule has 0 radical (unpaired) electrons. The Kier molecular flexibility index (Phi) is 4.52. The molecule has 0 aromatic heterocycles. The first kappa shape index (κ1) is 17.5. The molecule has 1 unspecified atom stereocenters. The second-order valence-electron chi connectivity index (χ2n) is 8.15. The first-order chi connectivity index (χ1) is 12.5. The normalized spacial score (nSPS) is 31.8. The van der Waals surface area contributed by atoms with E-state index in [9.17, 15) is 4.39 Å². The number of likely N-dealkylation sites (N-methyl/N-ethyl adjacent to an activating group) is 1. The van der Waals surface area contributed by atoms with Crippen LogP contribution in [0.5, 0.6) is 0 Å². The van der Waals surface area contributed by atoms with E-state index >= 15 is 0 Å². The molecule has 26 heavy (non-hydrogen) atoms. The van der Waals surface area contributed by atoms with Crippen LogP contribution in [0, 0.1) is 5.41 Å². The Morgan fingerprint density at radius 1 is 1.27 bits per heavy atom. The number of hydrogen-bond donors (Lipinski definition) is 1. The third-order valence-corrected chi connectivity index (χ3v) is 6.16. The van der Waals surface area contributed by atoms with E-state index in [0.717, 1.165) is 38.0 Å². The molecule has 0 amide bonds. The van der Waals surface area contributed by atoms with Gasteiger partial charge in [0.05, 0.1) is 6.04 Å². The quantitative estimate of drug-likeness (QED) is 0.755. The number of nitrogens with one attached hydrogen (secondary N) is 1. The third kappa shape index (κ3) is 3.14. The van der Waals surface area contributed by atoms with Crippen molar-refractivity contribution < 1.29 is 4.39 Å². The van der Waals surface area contributed by atoms with Crippen molar-refractivity contribution >= 4 is 0 Å². The largest absolute Gasteiger partial charge is 0.380 e. The van der Waals surface area contributed by atoms with Crippen LogP contribution >= 0.6 is 0 Å². The molecule has 0 saturated heterocycles. The van der Waals surface area contributed by atoms with E-state index in [1.54, 1.807) is 6.08 Å². The fourth-order valence-electron chi connectivity index (χ4n) is 4.59. The van der Waals surface area contributed by atoms with Gasteiger partial charge in [0.2, 0.25) is 0 Å². The second kappa shape index (κ2) is 6.70. The summed E-state index contributed by atoms with van der Waals surface area (Å²) in [5, 5.41) is 3.74. The van der Waals surface area contributed by atoms with Crippen LogP contribution in [0.15, 0.2) is 70.3 Å². The van der Waals surface area contributed by atoms with Crippen molar-refractivity contribution in [2.45, 2.75) is 46.1 Å². The van der Waals surface area contributed by atoms with Gasteiger partial charge in [0.25, 0.3) is 0 Å². The molecular formula is C23H29FN2. The van der Waals surface area contributed by atoms with E-state index in [0.29, 0.717) is 6.42 Å². The number of rotatable bonds is 2. The maximum atomic E-state index is 14.2. The van der Waals surface area contributed by atoms with E-state index in [-0.39, 0.29) is 17.3 Å². The first-order valence-corrected chi connectivity index (χ1v) is 9.87. The lowest BCUT2D eigenvalue weighted by Gasteiger charge is -2.35. The standard InChI is InChI=1S/C23H29FN2/c1-4-26-11-9-17(10-12-26)20-15-23(3)14-16(2)5-8-22(23)25-21-7-6-18(24)13-19(20)21/h5,8-9,13-15,22,25H,4,6-7,10-12H2,1-3H3/t22?,23-/m0/s1. The number of halogens is 1. The maximum absolute atomic E-state index is 14.2. The fraction of sp³-hybridized carbons (Fsp3) is 0.478. The summed E-state index contributed by atoms with van der Waals surface area (Å²) in [4.78, 5) is 2.45. The van der Waals surface area contributed by atoms with E-state index in [2.05, 4.69) is 61.4 Å². The number of allylic oxidation sites excluding steroid dienone is 7. The minimum absolute atomic E-state index is 0.000309. The van der Waals surface area contributed by atoms with Crippen LogP contribution < -0.4 is 5.32 Å². The zero-order valence-corrected chi connectivity index (χ0v) is 16.1. The molecule has 4 rings (SSSR count). The molecule has 0 fully saturated rings. The lowest BCUT2D eigenvalue weighted by atomic mass is 9.75. The van der Waals surface area contributed by atoms with Crippen LogP contribution in [0.25, 0.3) is 0 Å². The van der Waals surface area contributed by atoms with E-state index in [4.69, 9.17) is 0 Å². The number of fused-ring (bicyclic) bond motifs is 1. The highest BCUT2D eigenvalue weighted by Gasteiger charge is 2.36. The molecule has 2 aliphatic heterocycles. The summed E-state index contributed by atoms with van der Waals surface area (Å²) in [6, 6.07) is 0.222. The van der Waals surface area contributed by atoms with E-state index < -0.39 is 0 Å². The van der Waals surface area contributed by atoms with Crippen molar-refractivity contribution in [1.82, 2.24) is 10.2 Å². The summed E-state index contributed by atoms with van der Waals surface area (Å²) in [6.45, 7) is 9.80. The molecule has 0 bridgehead atoms. The molecule has 0 aromatic rings. The van der Waals surface area contributed by atoms with Crippen molar-refractivity contribution in [3.05, 3.63) is 70.3 Å². The Morgan fingerprint density at radius 2 is 2.12 bits per heavy atom. The molecule has 0 aromatic carbocycles. The molecule has 2 nitrogen and oxygen atoms in total. The minimum Gasteiger partial charge on any atom is -0.380 e. The SMILES string of the molecule is CCN1CC=C(C2=C[C@]3(C)C=C(C)C=CC3NC3=C2C=C(F)CC3)CC1. The Bertz CT molecular complexity index is 793. The lowest BCUT2D eigenvalue weighted by Crippen LogP contribution is -2.40. The van der Waals surface area contributed by atoms with E-state index in [1.807, 2.05) is 0 Å². The van der Waals surface area contributed by atoms with Gasteiger partial charge in [-0.15, -0.1) is 0 Å². The molecule has 1 N–H and O–H groups in total. The smallest absolute Gasteiger partial charge is 0.101 e. The van der Waals surface area contributed by atoms with Crippen LogP contribution in [0.1, 0.15) is 40.0 Å². The van der Waals surface area contributed by atoms with Crippen LogP contribution in [0.4, 0.5) is 4.39 Å². The van der Waals surface area contributed by atoms with Gasteiger partial charge in [0.15, 0.2) is 0 Å². The Hall–Kier alpha value is -1.87. The van der Waals surface area contributed by atoms with Gasteiger partial charge >= 0.3 is 0 Å². The lowest BCUT2D eigenvalue weighted by molar-refractivity contribution is 0.311. The van der Waals surface area contributed by atoms with Crippen LogP contribution in [-0.4, -0.2) is 30.6 Å². The highest BCUT2D eigenvalue weighted by Crippen LogP contribution is 2.43. The highest BCUT2D eigenvalue weighted by atomic mass is 19.1. The van der Waals surface area contributed by atoms with Gasteiger partial charge in [-0.05, 0) is 43.5 Å². The summed E-state index contributed by atoms with van der Waals surface area (Å²) < 4.78 is 14.2. The van der Waals surface area contributed by atoms with Crippen LogP contribution in [0.2, 0.25) is 0 Å². The summed E-state index contributed by atoms with van der Waals surface area (Å²) in [5.74, 6) is 0.000309. The first-order valence-electron chi connectivity index (χ1n) is 9.87. The molecule has 0 saturated carbocycles. The molecule has 138 valence electrons. The van der Waals surface area contributed by atoms with Gasteiger partial charge in [-0.2, -0.15) is 0 Å². The summed E-state index contributed by atoms with van der Waals surface area (Å²) in [5.41, 5.74) is 6.07. The molecule has 0 spiro atoms. The molecule has 3 heteroatoms. The predicted molar refractivity (Wildman–Crippen MR) is 106 cm³/mol. The molecule has 2 aliphatic carbocycles. The number of nitrogens with zero attached hydrogens (tertiary/aromatic N) is 1. The zero-order chi connectivity index (χ0) is 18.3. The van der Waals surface area contributed by atoms with Gasteiger partial charge in [-0.1, -0.05) is 49.8 Å². The number of hydrogen-bond acceptors (Lipinski definition) is 2. The molecular weight excluding hydrogens is 323 g/mol. The van der Waals surface area contributed by atoms with Crippen molar-refractivity contribution in [3.63, 3.8) is 0 Å². The van der Waals surface area contributed by atoms with Crippen molar-refractivity contribution in [2.24, 2.45) is 5.41 Å². The van der Waals surface area contributed by atoms with Crippen LogP contribution in [-0.2, 0) is 0 Å². The monoisotopic (exact) mass is 352 g/mol. The molecule has 2 heterocycles. The average Bonchev–Trinajstić information content (AvgIpc) is 2.75. The summed E-state index contributed by atoms with van der Waals surface area (Å²) in [7, 11) is 0. The topological polar surface area (TPSA) is 15.3 Å². The van der Waals surface area contributed by atoms with Gasteiger partial charge in [-0.3, -0.25) is 4.90 Å². The summed E-state index contributed by atoms with van der Waals surface area (Å²) >= 11 is 0. The van der Waals surface area contributed by atoms with Crippen molar-refractivity contribution in [3.8, 4) is 0 Å². The minimum atomic E-state index is -0.0987. The Balaban J connectivity index is 1.82. The molecule has 4 aliphatic rings. The van der Waals surface area contributed by atoms with E-state index in [1.165, 1.54) is 22.4 Å². The van der Waals surface area contributed by atoms with Gasteiger partial charge in [0.1, 0.15) is 5.83 Å². The highest BCUT2D eigenvalue weighted by molar-refractivity contribution is 5.59.